The summed E-state index contributed by atoms with van der Waals surface area (Å²) >= 11 is 0. The lowest BCUT2D eigenvalue weighted by Gasteiger charge is -1.77. The molecule has 1 fully saturated rings. The maximum absolute atomic E-state index is 5.10. The largest absolute Gasteiger partial charge is 0.446 e. The Balaban J connectivity index is -0.0000000667. The Bertz CT molecular complexity index is 267. The molecule has 0 saturated carbocycles. The maximum Gasteiger partial charge on any atom is 0.191 e. The lowest BCUT2D eigenvalue weighted by Crippen LogP contribution is -2.03. The summed E-state index contributed by atoms with van der Waals surface area (Å²) in [5.41, 5.74) is 0.988. The van der Waals surface area contributed by atoms with Gasteiger partial charge in [-0.15, -0.1) is 0 Å². The van der Waals surface area contributed by atoms with Gasteiger partial charge in [0.25, 0.3) is 0 Å². The molecule has 0 spiro atoms. The summed E-state index contributed by atoms with van der Waals surface area (Å²) in [6.45, 7) is 19.2. The third-order valence-electron chi connectivity index (χ3n) is 2.38. The summed E-state index contributed by atoms with van der Waals surface area (Å²) in [4.78, 5) is 4.04. The monoisotopic (exact) mass is 348 g/mol. The van der Waals surface area contributed by atoms with Gasteiger partial charge in [-0.05, 0) is 46.7 Å². The summed E-state index contributed by atoms with van der Waals surface area (Å²) in [5, 5.41) is 3.22. The minimum absolute atomic E-state index is 0. The van der Waals surface area contributed by atoms with Gasteiger partial charge in [-0.25, -0.2) is 4.98 Å². The van der Waals surface area contributed by atoms with E-state index in [1.807, 2.05) is 41.5 Å². The fourth-order valence-electron chi connectivity index (χ4n) is 1.26. The zero-order chi connectivity index (χ0) is 17.8. The molecule has 0 aromatic carbocycles. The zero-order valence-electron chi connectivity index (χ0n) is 16.5. The molecule has 1 aromatic heterocycles. The van der Waals surface area contributed by atoms with Crippen molar-refractivity contribution in [1.29, 1.82) is 0 Å². The second-order valence-electron chi connectivity index (χ2n) is 4.62. The number of rotatable bonds is 1. The summed E-state index contributed by atoms with van der Waals surface area (Å²) in [6, 6.07) is 0. The number of hydrogen-bond acceptors (Lipinski definition) is 4. The van der Waals surface area contributed by atoms with E-state index in [1.165, 1.54) is 32.4 Å². The lowest BCUT2D eigenvalue weighted by molar-refractivity contribution is 0.215. The van der Waals surface area contributed by atoms with E-state index in [2.05, 4.69) is 28.9 Å². The molecule has 0 bridgehead atoms. The van der Waals surface area contributed by atoms with Crippen molar-refractivity contribution in [3.05, 3.63) is 17.3 Å². The highest BCUT2D eigenvalue weighted by molar-refractivity contribution is 5.03. The van der Waals surface area contributed by atoms with Crippen molar-refractivity contribution in [2.45, 2.75) is 89.5 Å². The van der Waals surface area contributed by atoms with Crippen LogP contribution in [0.5, 0.6) is 0 Å². The first-order valence-electron chi connectivity index (χ1n) is 8.63. The molecule has 2 heterocycles. The van der Waals surface area contributed by atoms with E-state index in [0.29, 0.717) is 0 Å². The molecular formula is C20H48N2O2. The first-order chi connectivity index (χ1) is 10.5. The average Bonchev–Trinajstić information content (AvgIpc) is 3.17. The number of ether oxygens (including phenoxy) is 1. The first-order valence-corrected chi connectivity index (χ1v) is 8.63. The third kappa shape index (κ3) is 29.2. The SMILES string of the molecule is C.C.C1CCNC1.CC.CCC.CCOC.Cc1nc(C)c(C)o1. The van der Waals surface area contributed by atoms with Crippen LogP contribution >= 0.6 is 0 Å². The molecule has 24 heavy (non-hydrogen) atoms. The van der Waals surface area contributed by atoms with Gasteiger partial charge < -0.3 is 14.5 Å². The van der Waals surface area contributed by atoms with Crippen molar-refractivity contribution in [3.63, 3.8) is 0 Å². The van der Waals surface area contributed by atoms with Gasteiger partial charge in [0.15, 0.2) is 5.89 Å². The molecule has 2 rings (SSSR count). The molecule has 4 heteroatoms. The summed E-state index contributed by atoms with van der Waals surface area (Å²) in [6.07, 6.45) is 4.03. The van der Waals surface area contributed by atoms with Crippen LogP contribution in [0.25, 0.3) is 0 Å². The van der Waals surface area contributed by atoms with Crippen LogP contribution in [0.15, 0.2) is 4.42 Å². The average molecular weight is 349 g/mol. The molecule has 0 radical (unpaired) electrons. The predicted molar refractivity (Wildman–Crippen MR) is 111 cm³/mol. The van der Waals surface area contributed by atoms with Crippen LogP contribution < -0.4 is 5.32 Å². The van der Waals surface area contributed by atoms with Crippen LogP contribution in [0.1, 0.15) is 86.1 Å². The van der Waals surface area contributed by atoms with E-state index in [9.17, 15) is 0 Å². The van der Waals surface area contributed by atoms with Crippen molar-refractivity contribution in [2.24, 2.45) is 0 Å². The van der Waals surface area contributed by atoms with E-state index < -0.39 is 0 Å². The number of aryl methyl sites for hydroxylation is 3. The highest BCUT2D eigenvalue weighted by atomic mass is 16.5. The lowest BCUT2D eigenvalue weighted by atomic mass is 10.4. The standard InChI is InChI=1S/C6H9NO.C4H9N.C3H8O.C3H8.C2H6.2CH4/c1-4-5(2)8-6(3)7-4;1-2-4-5-3-1;1-3-4-2;1-3-2;1-2;;/h1-3H3;5H,1-4H2;3H2,1-2H3;3H2,1-2H3;1-2H3;2*1H4. The van der Waals surface area contributed by atoms with Gasteiger partial charge in [-0.1, -0.05) is 49.0 Å². The topological polar surface area (TPSA) is 47.3 Å². The van der Waals surface area contributed by atoms with Crippen molar-refractivity contribution in [2.75, 3.05) is 26.8 Å². The molecule has 0 aliphatic carbocycles. The molecule has 1 N–H and O–H groups in total. The minimum atomic E-state index is 0. The van der Waals surface area contributed by atoms with E-state index in [-0.39, 0.29) is 14.9 Å². The van der Waals surface area contributed by atoms with E-state index in [0.717, 1.165) is 24.0 Å². The number of nitrogens with zero attached hydrogens (tertiary/aromatic N) is 1. The fourth-order valence-corrected chi connectivity index (χ4v) is 1.26. The molecule has 1 aromatic rings. The van der Waals surface area contributed by atoms with E-state index in [4.69, 9.17) is 4.42 Å². The van der Waals surface area contributed by atoms with Gasteiger partial charge in [0.05, 0.1) is 5.69 Å². The van der Waals surface area contributed by atoms with Crippen molar-refractivity contribution in [1.82, 2.24) is 10.3 Å². The third-order valence-corrected chi connectivity index (χ3v) is 2.38. The van der Waals surface area contributed by atoms with Gasteiger partial charge >= 0.3 is 0 Å². The zero-order valence-corrected chi connectivity index (χ0v) is 16.5. The second-order valence-corrected chi connectivity index (χ2v) is 4.62. The van der Waals surface area contributed by atoms with Gasteiger partial charge in [0, 0.05) is 20.6 Å². The molecule has 0 atom stereocenters. The normalized spacial score (nSPS) is 10.5. The Labute approximate surface area is 153 Å². The molecule has 150 valence electrons. The Morgan fingerprint density at radius 2 is 1.38 bits per heavy atom. The van der Waals surface area contributed by atoms with Crippen LogP contribution in [0.3, 0.4) is 0 Å². The highest BCUT2D eigenvalue weighted by Gasteiger charge is 1.97. The summed E-state index contributed by atoms with van der Waals surface area (Å²) in [7, 11) is 1.68. The number of nitrogens with one attached hydrogen (secondary N) is 1. The maximum atomic E-state index is 5.10. The smallest absolute Gasteiger partial charge is 0.191 e. The van der Waals surface area contributed by atoms with E-state index >= 15 is 0 Å². The summed E-state index contributed by atoms with van der Waals surface area (Å²) < 4.78 is 9.64. The van der Waals surface area contributed by atoms with Gasteiger partial charge in [0.1, 0.15) is 5.76 Å². The summed E-state index contributed by atoms with van der Waals surface area (Å²) in [5.74, 6) is 1.67. The number of methoxy groups -OCH3 is 1. The molecular weight excluding hydrogens is 300 g/mol. The number of aromatic nitrogens is 1. The molecule has 0 unspecified atom stereocenters. The number of oxazole rings is 1. The molecule has 4 nitrogen and oxygen atoms in total. The Kier molecular flexibility index (Phi) is 43.2. The molecule has 0 amide bonds. The Hall–Kier alpha value is -0.870. The molecule has 1 aliphatic rings. The van der Waals surface area contributed by atoms with Crippen LogP contribution in [-0.4, -0.2) is 31.8 Å². The Morgan fingerprint density at radius 1 is 1.00 bits per heavy atom. The van der Waals surface area contributed by atoms with Crippen molar-refractivity contribution >= 4 is 0 Å². The quantitative estimate of drug-likeness (QED) is 0.643. The van der Waals surface area contributed by atoms with Gasteiger partial charge in [-0.3, -0.25) is 0 Å². The van der Waals surface area contributed by atoms with Crippen molar-refractivity contribution in [3.8, 4) is 0 Å². The fraction of sp³-hybridized carbons (Fsp3) is 0.850. The van der Waals surface area contributed by atoms with Gasteiger partial charge in [-0.2, -0.15) is 0 Å². The van der Waals surface area contributed by atoms with Crippen LogP contribution in [0.2, 0.25) is 0 Å². The second kappa shape index (κ2) is 30.1. The van der Waals surface area contributed by atoms with Crippen LogP contribution in [0.4, 0.5) is 0 Å². The highest BCUT2D eigenvalue weighted by Crippen LogP contribution is 2.05. The molecule has 1 aliphatic heterocycles. The van der Waals surface area contributed by atoms with Crippen LogP contribution in [-0.2, 0) is 4.74 Å². The first kappa shape index (κ1) is 34.5. The van der Waals surface area contributed by atoms with Crippen LogP contribution in [0, 0.1) is 20.8 Å². The van der Waals surface area contributed by atoms with Gasteiger partial charge in [0.2, 0.25) is 0 Å². The minimum Gasteiger partial charge on any atom is -0.446 e. The predicted octanol–water partition coefficient (Wildman–Crippen LogP) is 6.34. The van der Waals surface area contributed by atoms with E-state index in [1.54, 1.807) is 7.11 Å². The molecule has 1 saturated heterocycles. The Morgan fingerprint density at radius 3 is 1.46 bits per heavy atom. The number of hydrogen-bond donors (Lipinski definition) is 1. The van der Waals surface area contributed by atoms with Crippen molar-refractivity contribution < 1.29 is 9.15 Å².